The molecule has 0 fully saturated rings. The van der Waals surface area contributed by atoms with E-state index >= 15 is 0 Å². The maximum absolute atomic E-state index is 2.69. The van der Waals surface area contributed by atoms with E-state index in [1.165, 1.54) is 270 Å². The SMILES string of the molecule is CCCCCCCCCCCCCCCCCC(CCCCCCCCCCC)(CCCCCCCCCCCCCCCCC)[n+]1ccccc1. The van der Waals surface area contributed by atoms with Crippen LogP contribution in [0.2, 0.25) is 0 Å². The van der Waals surface area contributed by atoms with Gasteiger partial charge in [0.2, 0.25) is 0 Å². The van der Waals surface area contributed by atoms with Crippen molar-refractivity contribution >= 4 is 0 Å². The topological polar surface area (TPSA) is 3.88 Å². The maximum atomic E-state index is 2.69. The van der Waals surface area contributed by atoms with Gasteiger partial charge in [-0.25, -0.2) is 0 Å². The third-order valence-electron chi connectivity index (χ3n) is 12.5. The summed E-state index contributed by atoms with van der Waals surface area (Å²) in [4.78, 5) is 0. The van der Waals surface area contributed by atoms with Gasteiger partial charge in [-0.1, -0.05) is 258 Å². The molecule has 0 aromatic carbocycles. The van der Waals surface area contributed by atoms with E-state index in [4.69, 9.17) is 0 Å². The van der Waals surface area contributed by atoms with Crippen molar-refractivity contribution in [3.8, 4) is 0 Å². The monoisotopic (exact) mass is 725 g/mol. The summed E-state index contributed by atoms with van der Waals surface area (Å²) in [5.41, 5.74) is 0.329. The molecule has 1 rings (SSSR count). The molecule has 306 valence electrons. The van der Waals surface area contributed by atoms with Gasteiger partial charge in [-0.3, -0.25) is 0 Å². The van der Waals surface area contributed by atoms with Crippen LogP contribution in [0.25, 0.3) is 0 Å². The van der Waals surface area contributed by atoms with E-state index in [2.05, 4.69) is 55.9 Å². The molecule has 0 spiro atoms. The van der Waals surface area contributed by atoms with Crippen LogP contribution in [0.5, 0.6) is 0 Å². The van der Waals surface area contributed by atoms with Gasteiger partial charge in [-0.2, -0.15) is 4.57 Å². The fourth-order valence-electron chi connectivity index (χ4n) is 8.89. The smallest absolute Gasteiger partial charge is 0.169 e. The van der Waals surface area contributed by atoms with Gasteiger partial charge >= 0.3 is 0 Å². The second kappa shape index (κ2) is 39.8. The summed E-state index contributed by atoms with van der Waals surface area (Å²) < 4.78 is 2.69. The van der Waals surface area contributed by atoms with Crippen LogP contribution in [-0.2, 0) is 5.54 Å². The Morgan fingerprint density at radius 2 is 0.442 bits per heavy atom. The van der Waals surface area contributed by atoms with Crippen molar-refractivity contribution in [2.75, 3.05) is 0 Å². The highest BCUT2D eigenvalue weighted by molar-refractivity contribution is 4.86. The number of hydrogen-bond acceptors (Lipinski definition) is 0. The molecule has 0 aliphatic carbocycles. The van der Waals surface area contributed by atoms with Gasteiger partial charge < -0.3 is 0 Å². The van der Waals surface area contributed by atoms with Gasteiger partial charge in [0.25, 0.3) is 0 Å². The standard InChI is InChI=1S/C51H98N/c1-4-7-10-13-16-19-21-23-25-27-29-32-35-38-42-47-51(52-49-44-40-45-50-52,46-41-37-34-31-18-15-12-9-6-3)48-43-39-36-33-30-28-26-24-22-20-17-14-11-8-5-2/h40,44-45,49-50H,4-39,41-43,46-48H2,1-3H3/q+1. The Morgan fingerprint density at radius 1 is 0.250 bits per heavy atom. The van der Waals surface area contributed by atoms with Crippen LogP contribution in [0.4, 0.5) is 0 Å². The van der Waals surface area contributed by atoms with Crippen LogP contribution in [0.1, 0.15) is 290 Å². The van der Waals surface area contributed by atoms with Crippen molar-refractivity contribution in [2.24, 2.45) is 0 Å². The van der Waals surface area contributed by atoms with Crippen LogP contribution >= 0.6 is 0 Å². The second-order valence-electron chi connectivity index (χ2n) is 17.5. The van der Waals surface area contributed by atoms with Gasteiger partial charge in [0, 0.05) is 31.4 Å². The van der Waals surface area contributed by atoms with E-state index in [9.17, 15) is 0 Å². The van der Waals surface area contributed by atoms with E-state index in [1.807, 2.05) is 0 Å². The van der Waals surface area contributed by atoms with Crippen molar-refractivity contribution in [1.82, 2.24) is 0 Å². The Morgan fingerprint density at radius 3 is 0.654 bits per heavy atom. The Labute approximate surface area is 330 Å². The summed E-state index contributed by atoms with van der Waals surface area (Å²) in [6, 6.07) is 6.81. The minimum Gasteiger partial charge on any atom is -0.200 e. The van der Waals surface area contributed by atoms with Gasteiger partial charge in [0.1, 0.15) is 0 Å². The Balaban J connectivity index is 2.43. The molecule has 0 aliphatic rings. The fourth-order valence-corrected chi connectivity index (χ4v) is 8.89. The number of pyridine rings is 1. The van der Waals surface area contributed by atoms with Crippen LogP contribution in [-0.4, -0.2) is 0 Å². The molecular formula is C51H98N+. The first-order valence-electron chi connectivity index (χ1n) is 24.8. The Kier molecular flexibility index (Phi) is 37.7. The molecular weight excluding hydrogens is 627 g/mol. The lowest BCUT2D eigenvalue weighted by Gasteiger charge is -2.29. The van der Waals surface area contributed by atoms with Crippen LogP contribution < -0.4 is 4.57 Å². The van der Waals surface area contributed by atoms with Gasteiger partial charge in [0.05, 0.1) is 0 Å². The molecule has 0 N–H and O–H groups in total. The fraction of sp³-hybridized carbons (Fsp3) is 0.902. The number of nitrogens with zero attached hydrogens (tertiary/aromatic N) is 1. The average Bonchev–Trinajstić information content (AvgIpc) is 3.17. The van der Waals surface area contributed by atoms with Crippen LogP contribution in [0.3, 0.4) is 0 Å². The third kappa shape index (κ3) is 30.5. The molecule has 1 aromatic heterocycles. The molecule has 0 atom stereocenters. The summed E-state index contributed by atoms with van der Waals surface area (Å²) in [6.07, 6.45) is 65.5. The predicted octanol–water partition coefficient (Wildman–Crippen LogP) is 18.1. The van der Waals surface area contributed by atoms with Crippen molar-refractivity contribution in [3.63, 3.8) is 0 Å². The molecule has 1 nitrogen and oxygen atoms in total. The Hall–Kier alpha value is -0.850. The minimum atomic E-state index is 0.329. The molecule has 1 heterocycles. The molecule has 1 heteroatoms. The van der Waals surface area contributed by atoms with Crippen molar-refractivity contribution in [2.45, 2.75) is 296 Å². The van der Waals surface area contributed by atoms with E-state index in [1.54, 1.807) is 0 Å². The highest BCUT2D eigenvalue weighted by Gasteiger charge is 2.37. The number of rotatable bonds is 43. The first-order chi connectivity index (χ1) is 25.8. The Bertz CT molecular complexity index is 752. The summed E-state index contributed by atoms with van der Waals surface area (Å²) in [7, 11) is 0. The van der Waals surface area contributed by atoms with Crippen molar-refractivity contribution in [1.29, 1.82) is 0 Å². The second-order valence-corrected chi connectivity index (χ2v) is 17.5. The third-order valence-corrected chi connectivity index (χ3v) is 12.5. The quantitative estimate of drug-likeness (QED) is 0.0466. The summed E-state index contributed by atoms with van der Waals surface area (Å²) in [6.45, 7) is 6.97. The lowest BCUT2D eigenvalue weighted by atomic mass is 9.81. The summed E-state index contributed by atoms with van der Waals surface area (Å²) in [5, 5.41) is 0. The van der Waals surface area contributed by atoms with Gasteiger partial charge in [-0.05, 0) is 19.3 Å². The van der Waals surface area contributed by atoms with Crippen molar-refractivity contribution < 1.29 is 4.57 Å². The number of unbranched alkanes of at least 4 members (excludes halogenated alkanes) is 36. The molecule has 52 heavy (non-hydrogen) atoms. The molecule has 0 radical (unpaired) electrons. The van der Waals surface area contributed by atoms with E-state index < -0.39 is 0 Å². The highest BCUT2D eigenvalue weighted by atomic mass is 15.0. The zero-order chi connectivity index (χ0) is 37.3. The largest absolute Gasteiger partial charge is 0.200 e. The lowest BCUT2D eigenvalue weighted by Crippen LogP contribution is -2.55. The zero-order valence-electron chi connectivity index (χ0n) is 36.5. The van der Waals surface area contributed by atoms with Gasteiger partial charge in [0.15, 0.2) is 17.9 Å². The normalized spacial score (nSPS) is 11.9. The van der Waals surface area contributed by atoms with E-state index in [0.29, 0.717) is 5.54 Å². The summed E-state index contributed by atoms with van der Waals surface area (Å²) in [5.74, 6) is 0. The first-order valence-corrected chi connectivity index (χ1v) is 24.8. The average molecular weight is 725 g/mol. The predicted molar refractivity (Wildman–Crippen MR) is 236 cm³/mol. The highest BCUT2D eigenvalue weighted by Crippen LogP contribution is 2.32. The lowest BCUT2D eigenvalue weighted by molar-refractivity contribution is -0.768. The van der Waals surface area contributed by atoms with Crippen molar-refractivity contribution in [3.05, 3.63) is 30.6 Å². The van der Waals surface area contributed by atoms with Crippen LogP contribution in [0, 0.1) is 0 Å². The molecule has 1 aromatic rings. The number of hydrogen-bond donors (Lipinski definition) is 0. The summed E-state index contributed by atoms with van der Waals surface area (Å²) >= 11 is 0. The van der Waals surface area contributed by atoms with Crippen LogP contribution in [0.15, 0.2) is 30.6 Å². The van der Waals surface area contributed by atoms with E-state index in [0.717, 1.165) is 0 Å². The molecule has 0 bridgehead atoms. The number of aromatic nitrogens is 1. The molecule has 0 saturated heterocycles. The molecule has 0 unspecified atom stereocenters. The molecule has 0 aliphatic heterocycles. The first kappa shape index (κ1) is 49.2. The molecule has 0 saturated carbocycles. The molecule has 0 amide bonds. The minimum absolute atomic E-state index is 0.329. The maximum Gasteiger partial charge on any atom is 0.169 e. The van der Waals surface area contributed by atoms with Gasteiger partial charge in [-0.15, -0.1) is 0 Å². The zero-order valence-corrected chi connectivity index (χ0v) is 36.5. The van der Waals surface area contributed by atoms with E-state index in [-0.39, 0.29) is 0 Å².